The number of carbonyl (C=O) groups excluding carboxylic acids is 1. The first-order valence-electron chi connectivity index (χ1n) is 6.94. The molecule has 4 nitrogen and oxygen atoms in total. The van der Waals surface area contributed by atoms with E-state index >= 15 is 0 Å². The first-order chi connectivity index (χ1) is 10.5. The molecule has 1 heterocycles. The van der Waals surface area contributed by atoms with Crippen molar-refractivity contribution in [1.82, 2.24) is 5.16 Å². The van der Waals surface area contributed by atoms with Crippen molar-refractivity contribution in [3.63, 3.8) is 0 Å². The lowest BCUT2D eigenvalue weighted by Crippen LogP contribution is -2.14. The Morgan fingerprint density at radius 1 is 1.18 bits per heavy atom. The zero-order valence-corrected chi connectivity index (χ0v) is 12.3. The van der Waals surface area contributed by atoms with Crippen LogP contribution in [0, 0.1) is 19.7 Å². The topological polar surface area (TPSA) is 55.1 Å². The molecule has 1 N–H and O–H groups in total. The fourth-order valence-electron chi connectivity index (χ4n) is 2.26. The van der Waals surface area contributed by atoms with Gasteiger partial charge in [0.25, 0.3) is 0 Å². The van der Waals surface area contributed by atoms with Gasteiger partial charge in [-0.2, -0.15) is 0 Å². The van der Waals surface area contributed by atoms with Gasteiger partial charge in [-0.1, -0.05) is 5.16 Å². The zero-order valence-electron chi connectivity index (χ0n) is 12.3. The van der Waals surface area contributed by atoms with Crippen molar-refractivity contribution in [2.45, 2.75) is 20.3 Å². The van der Waals surface area contributed by atoms with Crippen LogP contribution in [0.5, 0.6) is 0 Å². The zero-order chi connectivity index (χ0) is 15.7. The highest BCUT2D eigenvalue weighted by Gasteiger charge is 2.13. The third-order valence-electron chi connectivity index (χ3n) is 3.62. The van der Waals surface area contributed by atoms with Crippen LogP contribution < -0.4 is 5.32 Å². The number of halogens is 1. The molecule has 0 aliphatic rings. The molecular formula is C17H15FN2O2. The Labute approximate surface area is 126 Å². The van der Waals surface area contributed by atoms with E-state index in [-0.39, 0.29) is 18.1 Å². The molecule has 0 atom stereocenters. The molecule has 0 saturated heterocycles. The summed E-state index contributed by atoms with van der Waals surface area (Å²) in [7, 11) is 0. The first-order valence-corrected chi connectivity index (χ1v) is 6.94. The molecule has 0 aliphatic carbocycles. The van der Waals surface area contributed by atoms with E-state index in [1.165, 1.54) is 24.3 Å². The number of nitrogens with one attached hydrogen (secondary N) is 1. The highest BCUT2D eigenvalue weighted by atomic mass is 19.1. The van der Waals surface area contributed by atoms with Crippen LogP contribution in [-0.4, -0.2) is 11.1 Å². The Balaban J connectivity index is 1.79. The second-order valence-electron chi connectivity index (χ2n) is 5.29. The number of fused-ring (bicyclic) bond motifs is 1. The van der Waals surface area contributed by atoms with Crippen molar-refractivity contribution in [3.05, 3.63) is 59.0 Å². The molecule has 22 heavy (non-hydrogen) atoms. The molecule has 0 spiro atoms. The average molecular weight is 298 g/mol. The summed E-state index contributed by atoms with van der Waals surface area (Å²) in [5.41, 5.74) is 4.05. The average Bonchev–Trinajstić information content (AvgIpc) is 2.84. The van der Waals surface area contributed by atoms with Gasteiger partial charge in [-0.25, -0.2) is 4.39 Å². The van der Waals surface area contributed by atoms with Gasteiger partial charge in [0.05, 0.1) is 6.42 Å². The number of aryl methyl sites for hydroxylation is 2. The maximum atomic E-state index is 12.8. The standard InChI is InChI=1S/C17H15FN2O2/c1-10-7-14-15(20-22-16(14)8-11(10)2)9-17(21)19-13-5-3-12(18)4-6-13/h3-8H,9H2,1-2H3,(H,19,21). The number of hydrogen-bond acceptors (Lipinski definition) is 3. The third-order valence-corrected chi connectivity index (χ3v) is 3.62. The number of aromatic nitrogens is 1. The van der Waals surface area contributed by atoms with Gasteiger partial charge in [-0.15, -0.1) is 0 Å². The van der Waals surface area contributed by atoms with Crippen molar-refractivity contribution in [3.8, 4) is 0 Å². The molecule has 2 aromatic carbocycles. The van der Waals surface area contributed by atoms with Crippen LogP contribution >= 0.6 is 0 Å². The molecule has 0 saturated carbocycles. The van der Waals surface area contributed by atoms with Gasteiger partial charge in [0.2, 0.25) is 5.91 Å². The van der Waals surface area contributed by atoms with Crippen LogP contribution in [0.2, 0.25) is 0 Å². The van der Waals surface area contributed by atoms with E-state index < -0.39 is 0 Å². The van der Waals surface area contributed by atoms with Crippen LogP contribution in [0.3, 0.4) is 0 Å². The number of rotatable bonds is 3. The number of hydrogen-bond donors (Lipinski definition) is 1. The van der Waals surface area contributed by atoms with E-state index in [1.807, 2.05) is 26.0 Å². The number of nitrogens with zero attached hydrogens (tertiary/aromatic N) is 1. The minimum absolute atomic E-state index is 0.104. The Bertz CT molecular complexity index is 838. The number of carbonyl (C=O) groups is 1. The van der Waals surface area contributed by atoms with Crippen LogP contribution in [-0.2, 0) is 11.2 Å². The third kappa shape index (κ3) is 2.83. The number of anilines is 1. The van der Waals surface area contributed by atoms with Gasteiger partial charge in [0.1, 0.15) is 11.5 Å². The molecule has 1 amide bonds. The molecule has 1 aromatic heterocycles. The second kappa shape index (κ2) is 5.60. The van der Waals surface area contributed by atoms with Gasteiger partial charge in [-0.05, 0) is 61.4 Å². The van der Waals surface area contributed by atoms with E-state index in [2.05, 4.69) is 10.5 Å². The lowest BCUT2D eigenvalue weighted by Gasteiger charge is -2.04. The smallest absolute Gasteiger partial charge is 0.230 e. The highest BCUT2D eigenvalue weighted by Crippen LogP contribution is 2.23. The van der Waals surface area contributed by atoms with Gasteiger partial charge >= 0.3 is 0 Å². The van der Waals surface area contributed by atoms with Gasteiger partial charge in [0.15, 0.2) is 5.58 Å². The summed E-state index contributed by atoms with van der Waals surface area (Å²) in [6, 6.07) is 9.52. The SMILES string of the molecule is Cc1cc2onc(CC(=O)Nc3ccc(F)cc3)c2cc1C. The maximum Gasteiger partial charge on any atom is 0.230 e. The van der Waals surface area contributed by atoms with E-state index in [9.17, 15) is 9.18 Å². The predicted molar refractivity (Wildman–Crippen MR) is 82.2 cm³/mol. The minimum Gasteiger partial charge on any atom is -0.356 e. The summed E-state index contributed by atoms with van der Waals surface area (Å²) in [6.07, 6.45) is 0.104. The molecule has 0 unspecified atom stereocenters. The second-order valence-corrected chi connectivity index (χ2v) is 5.29. The highest BCUT2D eigenvalue weighted by molar-refractivity contribution is 5.94. The largest absolute Gasteiger partial charge is 0.356 e. The van der Waals surface area contributed by atoms with Crippen molar-refractivity contribution in [2.24, 2.45) is 0 Å². The van der Waals surface area contributed by atoms with E-state index in [1.54, 1.807) is 0 Å². The molecule has 0 radical (unpaired) electrons. The summed E-state index contributed by atoms with van der Waals surface area (Å²) < 4.78 is 18.1. The van der Waals surface area contributed by atoms with E-state index in [4.69, 9.17) is 4.52 Å². The Morgan fingerprint density at radius 2 is 1.86 bits per heavy atom. The molecule has 3 rings (SSSR count). The van der Waals surface area contributed by atoms with Crippen molar-refractivity contribution >= 4 is 22.6 Å². The molecule has 112 valence electrons. The summed E-state index contributed by atoms with van der Waals surface area (Å²) in [6.45, 7) is 4.00. The molecule has 5 heteroatoms. The van der Waals surface area contributed by atoms with E-state index in [0.29, 0.717) is 17.0 Å². The Morgan fingerprint density at radius 3 is 2.59 bits per heavy atom. The quantitative estimate of drug-likeness (QED) is 0.801. The lowest BCUT2D eigenvalue weighted by atomic mass is 10.1. The van der Waals surface area contributed by atoms with Gasteiger partial charge < -0.3 is 9.84 Å². The van der Waals surface area contributed by atoms with Crippen LogP contribution in [0.4, 0.5) is 10.1 Å². The molecule has 0 aliphatic heterocycles. The van der Waals surface area contributed by atoms with Crippen LogP contribution in [0.15, 0.2) is 40.9 Å². The number of benzene rings is 2. The monoisotopic (exact) mass is 298 g/mol. The van der Waals surface area contributed by atoms with Crippen LogP contribution in [0.1, 0.15) is 16.8 Å². The fourth-order valence-corrected chi connectivity index (χ4v) is 2.26. The Hall–Kier alpha value is -2.69. The normalized spacial score (nSPS) is 10.9. The van der Waals surface area contributed by atoms with Crippen molar-refractivity contribution in [1.29, 1.82) is 0 Å². The van der Waals surface area contributed by atoms with Gasteiger partial charge in [-0.3, -0.25) is 4.79 Å². The molecule has 0 fully saturated rings. The molecule has 0 bridgehead atoms. The first kappa shape index (κ1) is 14.3. The minimum atomic E-state index is -0.341. The Kier molecular flexibility index (Phi) is 3.63. The molecular weight excluding hydrogens is 283 g/mol. The lowest BCUT2D eigenvalue weighted by molar-refractivity contribution is -0.115. The summed E-state index contributed by atoms with van der Waals surface area (Å²) >= 11 is 0. The van der Waals surface area contributed by atoms with Crippen LogP contribution in [0.25, 0.3) is 11.0 Å². The predicted octanol–water partition coefficient (Wildman–Crippen LogP) is 3.76. The summed E-state index contributed by atoms with van der Waals surface area (Å²) in [5.74, 6) is -0.564. The van der Waals surface area contributed by atoms with Crippen molar-refractivity contribution < 1.29 is 13.7 Å². The fraction of sp³-hybridized carbons (Fsp3) is 0.176. The van der Waals surface area contributed by atoms with E-state index in [0.717, 1.165) is 16.5 Å². The van der Waals surface area contributed by atoms with Crippen molar-refractivity contribution in [2.75, 3.05) is 5.32 Å². The molecule has 3 aromatic rings. The maximum absolute atomic E-state index is 12.8. The summed E-state index contributed by atoms with van der Waals surface area (Å²) in [5, 5.41) is 7.53. The summed E-state index contributed by atoms with van der Waals surface area (Å²) in [4.78, 5) is 12.1. The number of amides is 1. The van der Waals surface area contributed by atoms with Gasteiger partial charge in [0, 0.05) is 11.1 Å².